The van der Waals surface area contributed by atoms with E-state index in [1.807, 2.05) is 18.2 Å². The molecular formula is C20H28N8OS. The molecule has 160 valence electrons. The Hall–Kier alpha value is -2.43. The summed E-state index contributed by atoms with van der Waals surface area (Å²) < 4.78 is 7.88. The van der Waals surface area contributed by atoms with E-state index in [-0.39, 0.29) is 6.10 Å². The zero-order valence-corrected chi connectivity index (χ0v) is 18.2. The Labute approximate surface area is 180 Å². The fourth-order valence-electron chi connectivity index (χ4n) is 3.43. The first-order chi connectivity index (χ1) is 14.8. The zero-order chi connectivity index (χ0) is 20.8. The SMILES string of the molecule is CCNc1nc(NCC)n2c(SC[C@@H]3CN(Cc4ccccc4)CCO3)nnc2n1. The summed E-state index contributed by atoms with van der Waals surface area (Å²) in [4.78, 5) is 11.5. The quantitative estimate of drug-likeness (QED) is 0.498. The summed E-state index contributed by atoms with van der Waals surface area (Å²) in [5.74, 6) is 2.58. The summed E-state index contributed by atoms with van der Waals surface area (Å²) in [5.41, 5.74) is 1.33. The highest BCUT2D eigenvalue weighted by atomic mass is 32.2. The Morgan fingerprint density at radius 2 is 1.93 bits per heavy atom. The number of anilines is 2. The second-order valence-electron chi connectivity index (χ2n) is 7.07. The summed E-state index contributed by atoms with van der Waals surface area (Å²) in [7, 11) is 0. The molecule has 0 saturated carbocycles. The Balaban J connectivity index is 1.42. The second-order valence-corrected chi connectivity index (χ2v) is 8.06. The molecule has 1 fully saturated rings. The van der Waals surface area contributed by atoms with E-state index in [9.17, 15) is 0 Å². The fraction of sp³-hybridized carbons (Fsp3) is 0.500. The standard InChI is InChI=1S/C20H28N8OS/c1-3-21-17-23-18(22-4-2)28-19(24-17)25-26-20(28)30-14-16-13-27(10-11-29-16)12-15-8-6-5-7-9-15/h5-9,16H,3-4,10-14H2,1-2H3,(H2,21,22,23,24,25)/t16-/m0/s1. The number of rotatable bonds is 9. The van der Waals surface area contributed by atoms with Crippen LogP contribution in [0.15, 0.2) is 35.5 Å². The van der Waals surface area contributed by atoms with Gasteiger partial charge in [-0.15, -0.1) is 10.2 Å². The van der Waals surface area contributed by atoms with Gasteiger partial charge in [0.05, 0.1) is 12.7 Å². The number of hydrogen-bond acceptors (Lipinski definition) is 9. The molecule has 2 N–H and O–H groups in total. The molecule has 3 aromatic rings. The van der Waals surface area contributed by atoms with Crippen LogP contribution < -0.4 is 10.6 Å². The minimum absolute atomic E-state index is 0.143. The van der Waals surface area contributed by atoms with Crippen molar-refractivity contribution in [3.63, 3.8) is 0 Å². The van der Waals surface area contributed by atoms with E-state index < -0.39 is 0 Å². The predicted octanol–water partition coefficient (Wildman–Crippen LogP) is 2.38. The minimum Gasteiger partial charge on any atom is -0.375 e. The van der Waals surface area contributed by atoms with Gasteiger partial charge >= 0.3 is 0 Å². The van der Waals surface area contributed by atoms with Gasteiger partial charge in [-0.05, 0) is 19.4 Å². The normalized spacial score (nSPS) is 17.3. The average molecular weight is 429 g/mol. The number of fused-ring (bicyclic) bond motifs is 1. The lowest BCUT2D eigenvalue weighted by molar-refractivity contribution is -0.0187. The van der Waals surface area contributed by atoms with Crippen LogP contribution in [0.1, 0.15) is 19.4 Å². The van der Waals surface area contributed by atoms with Gasteiger partial charge in [-0.3, -0.25) is 4.90 Å². The first kappa shape index (κ1) is 20.8. The van der Waals surface area contributed by atoms with Crippen molar-refractivity contribution in [3.05, 3.63) is 35.9 Å². The molecule has 2 aromatic heterocycles. The van der Waals surface area contributed by atoms with Crippen LogP contribution in [0.2, 0.25) is 0 Å². The van der Waals surface area contributed by atoms with Crippen molar-refractivity contribution in [3.8, 4) is 0 Å². The van der Waals surface area contributed by atoms with Crippen LogP contribution in [0.5, 0.6) is 0 Å². The molecule has 4 rings (SSSR count). The van der Waals surface area contributed by atoms with Crippen molar-refractivity contribution < 1.29 is 4.74 Å². The summed E-state index contributed by atoms with van der Waals surface area (Å²) in [6.07, 6.45) is 0.143. The number of hydrogen-bond donors (Lipinski definition) is 2. The van der Waals surface area contributed by atoms with Crippen molar-refractivity contribution >= 4 is 29.4 Å². The maximum absolute atomic E-state index is 6.01. The molecule has 9 nitrogen and oxygen atoms in total. The maximum Gasteiger partial charge on any atom is 0.261 e. The van der Waals surface area contributed by atoms with Gasteiger partial charge in [-0.1, -0.05) is 42.1 Å². The highest BCUT2D eigenvalue weighted by molar-refractivity contribution is 7.99. The Kier molecular flexibility index (Phi) is 6.98. The van der Waals surface area contributed by atoms with Crippen LogP contribution in [0, 0.1) is 0 Å². The van der Waals surface area contributed by atoms with E-state index in [1.54, 1.807) is 11.8 Å². The van der Waals surface area contributed by atoms with E-state index in [4.69, 9.17) is 4.74 Å². The topological polar surface area (TPSA) is 92.5 Å². The van der Waals surface area contributed by atoms with Gasteiger partial charge in [-0.2, -0.15) is 9.97 Å². The highest BCUT2D eigenvalue weighted by Crippen LogP contribution is 2.23. The molecule has 0 radical (unpaired) electrons. The lowest BCUT2D eigenvalue weighted by atomic mass is 10.2. The van der Waals surface area contributed by atoms with Gasteiger partial charge in [0.1, 0.15) is 0 Å². The first-order valence-corrected chi connectivity index (χ1v) is 11.4. The number of nitrogens with zero attached hydrogens (tertiary/aromatic N) is 6. The van der Waals surface area contributed by atoms with Crippen LogP contribution in [0.4, 0.5) is 11.9 Å². The van der Waals surface area contributed by atoms with Crippen LogP contribution in [0.3, 0.4) is 0 Å². The molecule has 1 saturated heterocycles. The molecule has 1 aliphatic rings. The van der Waals surface area contributed by atoms with Gasteiger partial charge in [0.15, 0.2) is 5.16 Å². The Morgan fingerprint density at radius 1 is 1.10 bits per heavy atom. The highest BCUT2D eigenvalue weighted by Gasteiger charge is 2.22. The third-order valence-corrected chi connectivity index (χ3v) is 5.85. The fourth-order valence-corrected chi connectivity index (χ4v) is 4.36. The molecule has 0 unspecified atom stereocenters. The molecule has 0 bridgehead atoms. The summed E-state index contributed by atoms with van der Waals surface area (Å²) >= 11 is 1.63. The Morgan fingerprint density at radius 3 is 2.73 bits per heavy atom. The van der Waals surface area contributed by atoms with E-state index in [0.29, 0.717) is 17.7 Å². The molecule has 10 heteroatoms. The number of ether oxygens (including phenoxy) is 1. The molecule has 1 atom stereocenters. The molecule has 0 spiro atoms. The number of benzene rings is 1. The maximum atomic E-state index is 6.01. The summed E-state index contributed by atoms with van der Waals surface area (Å²) in [5, 5.41) is 15.8. The van der Waals surface area contributed by atoms with E-state index in [2.05, 4.69) is 66.0 Å². The van der Waals surface area contributed by atoms with Crippen LogP contribution >= 0.6 is 11.8 Å². The van der Waals surface area contributed by atoms with Gasteiger partial charge < -0.3 is 15.4 Å². The van der Waals surface area contributed by atoms with Gasteiger partial charge in [-0.25, -0.2) is 4.40 Å². The van der Waals surface area contributed by atoms with Crippen LogP contribution in [-0.4, -0.2) is 74.1 Å². The largest absolute Gasteiger partial charge is 0.375 e. The molecule has 30 heavy (non-hydrogen) atoms. The summed E-state index contributed by atoms with van der Waals surface area (Å²) in [6, 6.07) is 10.6. The Bertz CT molecular complexity index is 951. The van der Waals surface area contributed by atoms with Crippen molar-refractivity contribution in [2.24, 2.45) is 0 Å². The van der Waals surface area contributed by atoms with Crippen molar-refractivity contribution in [1.29, 1.82) is 0 Å². The van der Waals surface area contributed by atoms with E-state index in [0.717, 1.165) is 50.2 Å². The van der Waals surface area contributed by atoms with Crippen molar-refractivity contribution in [2.45, 2.75) is 31.7 Å². The predicted molar refractivity (Wildman–Crippen MR) is 119 cm³/mol. The number of thioether (sulfide) groups is 1. The third-order valence-electron chi connectivity index (χ3n) is 4.79. The molecule has 0 amide bonds. The molecular weight excluding hydrogens is 400 g/mol. The van der Waals surface area contributed by atoms with Crippen molar-refractivity contribution in [2.75, 3.05) is 49.2 Å². The number of nitrogens with one attached hydrogen (secondary N) is 2. The van der Waals surface area contributed by atoms with E-state index in [1.165, 1.54) is 5.56 Å². The van der Waals surface area contributed by atoms with Gasteiger partial charge in [0.2, 0.25) is 11.9 Å². The monoisotopic (exact) mass is 428 g/mol. The smallest absolute Gasteiger partial charge is 0.261 e. The van der Waals surface area contributed by atoms with Gasteiger partial charge in [0, 0.05) is 38.5 Å². The molecule has 3 heterocycles. The van der Waals surface area contributed by atoms with Crippen molar-refractivity contribution in [1.82, 2.24) is 29.5 Å². The van der Waals surface area contributed by atoms with E-state index >= 15 is 0 Å². The lowest BCUT2D eigenvalue weighted by Gasteiger charge is -2.32. The van der Waals surface area contributed by atoms with Gasteiger partial charge in [0.25, 0.3) is 5.78 Å². The average Bonchev–Trinajstić information content (AvgIpc) is 3.17. The number of aromatic nitrogens is 5. The van der Waals surface area contributed by atoms with Crippen LogP contribution in [0.25, 0.3) is 5.78 Å². The molecule has 1 aliphatic heterocycles. The lowest BCUT2D eigenvalue weighted by Crippen LogP contribution is -2.43. The number of morpholine rings is 1. The second kappa shape index (κ2) is 10.1. The van der Waals surface area contributed by atoms with Crippen LogP contribution in [-0.2, 0) is 11.3 Å². The zero-order valence-electron chi connectivity index (χ0n) is 17.4. The molecule has 1 aromatic carbocycles. The summed E-state index contributed by atoms with van der Waals surface area (Å²) in [6.45, 7) is 9.10. The first-order valence-electron chi connectivity index (χ1n) is 10.4. The molecule has 0 aliphatic carbocycles. The third kappa shape index (κ3) is 5.00. The minimum atomic E-state index is 0.143.